The Morgan fingerprint density at radius 1 is 1.55 bits per heavy atom. The number of methoxy groups -OCH3 is 1. The van der Waals surface area contributed by atoms with Crippen LogP contribution in [0.15, 0.2) is 30.9 Å². The number of carbonyl (C=O) groups excluding carboxylic acids is 1. The summed E-state index contributed by atoms with van der Waals surface area (Å²) in [7, 11) is 1.45. The number of fused-ring (bicyclic) bond motifs is 1. The smallest absolute Gasteiger partial charge is 0.306 e. The fraction of sp³-hybridized carbons (Fsp3) is 0.471. The lowest BCUT2D eigenvalue weighted by molar-refractivity contribution is -0.142. The largest absolute Gasteiger partial charge is 0.469 e. The number of hydrogen-bond donors (Lipinski definition) is 0. The van der Waals surface area contributed by atoms with Gasteiger partial charge < -0.3 is 4.74 Å². The van der Waals surface area contributed by atoms with Crippen LogP contribution in [0, 0.1) is 0 Å². The first-order valence-electron chi connectivity index (χ1n) is 7.08. The van der Waals surface area contributed by atoms with Gasteiger partial charge in [-0.15, -0.1) is 6.58 Å². The van der Waals surface area contributed by atoms with Gasteiger partial charge in [0.1, 0.15) is 0 Å². The average molecular weight is 293 g/mol. The summed E-state index contributed by atoms with van der Waals surface area (Å²) < 4.78 is 4.90. The molecule has 0 radical (unpaired) electrons. The number of allylic oxidation sites excluding steroid dienone is 1. The van der Waals surface area contributed by atoms with Gasteiger partial charge in [-0.3, -0.25) is 4.79 Å². The van der Waals surface area contributed by atoms with Crippen molar-refractivity contribution in [3.05, 3.63) is 47.0 Å². The first-order valence-corrected chi connectivity index (χ1v) is 7.46. The highest BCUT2D eigenvalue weighted by molar-refractivity contribution is 6.31. The van der Waals surface area contributed by atoms with Gasteiger partial charge in [0.2, 0.25) is 0 Å². The molecule has 1 unspecified atom stereocenters. The van der Waals surface area contributed by atoms with E-state index in [1.165, 1.54) is 18.2 Å². The van der Waals surface area contributed by atoms with Crippen molar-refractivity contribution >= 4 is 17.6 Å². The van der Waals surface area contributed by atoms with E-state index in [0.717, 1.165) is 37.1 Å². The molecule has 0 fully saturated rings. The number of esters is 1. The fourth-order valence-electron chi connectivity index (χ4n) is 3.27. The molecule has 108 valence electrons. The van der Waals surface area contributed by atoms with Crippen LogP contribution in [0.1, 0.15) is 43.2 Å². The number of rotatable bonds is 6. The lowest BCUT2D eigenvalue weighted by atomic mass is 9.75. The Bertz CT molecular complexity index is 510. The first-order chi connectivity index (χ1) is 9.63. The summed E-state index contributed by atoms with van der Waals surface area (Å²) in [6.45, 7) is 3.77. The number of unbranched alkanes of at least 4 members (excludes halogenated alkanes) is 1. The topological polar surface area (TPSA) is 26.3 Å². The summed E-state index contributed by atoms with van der Waals surface area (Å²) in [5.74, 6) is -0.142. The molecule has 0 amide bonds. The molecular weight excluding hydrogens is 272 g/mol. The van der Waals surface area contributed by atoms with Crippen molar-refractivity contribution in [2.75, 3.05) is 7.11 Å². The number of carbonyl (C=O) groups is 1. The van der Waals surface area contributed by atoms with Crippen LogP contribution in [0.5, 0.6) is 0 Å². The van der Waals surface area contributed by atoms with Crippen molar-refractivity contribution in [2.24, 2.45) is 0 Å². The van der Waals surface area contributed by atoms with E-state index < -0.39 is 0 Å². The van der Waals surface area contributed by atoms with Gasteiger partial charge in [0.05, 0.1) is 13.5 Å². The number of hydrogen-bond acceptors (Lipinski definition) is 2. The molecule has 0 aliphatic heterocycles. The summed E-state index contributed by atoms with van der Waals surface area (Å²) >= 11 is 6.30. The van der Waals surface area contributed by atoms with E-state index in [1.54, 1.807) is 0 Å². The van der Waals surface area contributed by atoms with E-state index in [2.05, 4.69) is 12.6 Å². The van der Waals surface area contributed by atoms with E-state index in [9.17, 15) is 4.79 Å². The van der Waals surface area contributed by atoms with Crippen molar-refractivity contribution in [3.63, 3.8) is 0 Å². The van der Waals surface area contributed by atoms with Crippen molar-refractivity contribution < 1.29 is 9.53 Å². The molecule has 0 bridgehead atoms. The van der Waals surface area contributed by atoms with E-state index >= 15 is 0 Å². The normalized spacial score (nSPS) is 20.5. The average Bonchev–Trinajstić information content (AvgIpc) is 2.80. The van der Waals surface area contributed by atoms with E-state index in [-0.39, 0.29) is 11.4 Å². The Morgan fingerprint density at radius 2 is 2.35 bits per heavy atom. The molecule has 20 heavy (non-hydrogen) atoms. The molecule has 0 aromatic heterocycles. The van der Waals surface area contributed by atoms with Crippen LogP contribution in [-0.4, -0.2) is 13.1 Å². The third kappa shape index (κ3) is 2.90. The van der Waals surface area contributed by atoms with Crippen LogP contribution >= 0.6 is 11.6 Å². The minimum absolute atomic E-state index is 0.115. The van der Waals surface area contributed by atoms with Crippen molar-refractivity contribution in [1.82, 2.24) is 0 Å². The van der Waals surface area contributed by atoms with Gasteiger partial charge in [0.25, 0.3) is 0 Å². The van der Waals surface area contributed by atoms with Crippen LogP contribution in [0.25, 0.3) is 0 Å². The summed E-state index contributed by atoms with van der Waals surface area (Å²) in [6, 6.07) is 6.02. The third-order valence-corrected chi connectivity index (χ3v) is 4.67. The van der Waals surface area contributed by atoms with Crippen LogP contribution in [-0.2, 0) is 21.4 Å². The van der Waals surface area contributed by atoms with Crippen molar-refractivity contribution in [2.45, 2.75) is 43.9 Å². The highest BCUT2D eigenvalue weighted by Crippen LogP contribution is 2.47. The molecule has 2 rings (SSSR count). The summed E-state index contributed by atoms with van der Waals surface area (Å²) in [4.78, 5) is 11.8. The summed E-state index contributed by atoms with van der Waals surface area (Å²) in [6.07, 6.45) is 7.26. The van der Waals surface area contributed by atoms with Crippen LogP contribution in [0.4, 0.5) is 0 Å². The number of benzene rings is 1. The maximum absolute atomic E-state index is 11.8. The van der Waals surface area contributed by atoms with Gasteiger partial charge in [0, 0.05) is 10.4 Å². The second-order valence-electron chi connectivity index (χ2n) is 5.48. The number of halogens is 1. The third-order valence-electron chi connectivity index (χ3n) is 4.32. The fourth-order valence-corrected chi connectivity index (χ4v) is 3.54. The zero-order valence-corrected chi connectivity index (χ0v) is 12.7. The molecule has 0 heterocycles. The van der Waals surface area contributed by atoms with Gasteiger partial charge in [0.15, 0.2) is 0 Å². The van der Waals surface area contributed by atoms with Crippen molar-refractivity contribution in [1.29, 1.82) is 0 Å². The molecule has 3 heteroatoms. The van der Waals surface area contributed by atoms with Gasteiger partial charge >= 0.3 is 5.97 Å². The minimum atomic E-state index is -0.142. The molecule has 1 aliphatic carbocycles. The van der Waals surface area contributed by atoms with E-state index in [0.29, 0.717) is 6.42 Å². The second-order valence-corrected chi connectivity index (χ2v) is 5.89. The van der Waals surface area contributed by atoms with E-state index in [1.807, 2.05) is 18.2 Å². The van der Waals surface area contributed by atoms with Crippen molar-refractivity contribution in [3.8, 4) is 0 Å². The maximum atomic E-state index is 11.8. The molecule has 2 nitrogen and oxygen atoms in total. The first kappa shape index (κ1) is 15.1. The monoisotopic (exact) mass is 292 g/mol. The molecule has 0 saturated heterocycles. The zero-order valence-electron chi connectivity index (χ0n) is 12.0. The van der Waals surface area contributed by atoms with Crippen LogP contribution in [0.2, 0.25) is 5.02 Å². The second kappa shape index (κ2) is 6.45. The highest BCUT2D eigenvalue weighted by atomic mass is 35.5. The molecule has 1 aliphatic rings. The predicted molar refractivity (Wildman–Crippen MR) is 82.1 cm³/mol. The highest BCUT2D eigenvalue weighted by Gasteiger charge is 2.40. The quantitative estimate of drug-likeness (QED) is 0.440. The van der Waals surface area contributed by atoms with E-state index in [4.69, 9.17) is 16.3 Å². The molecule has 1 aromatic rings. The minimum Gasteiger partial charge on any atom is -0.469 e. The van der Waals surface area contributed by atoms with Gasteiger partial charge in [-0.1, -0.05) is 29.8 Å². The SMILES string of the molecule is C=CCCCC1(CC(=O)OC)CCc2c(Cl)cccc21. The zero-order chi connectivity index (χ0) is 14.6. The van der Waals surface area contributed by atoms with Gasteiger partial charge in [-0.05, 0) is 49.3 Å². The van der Waals surface area contributed by atoms with Gasteiger partial charge in [-0.2, -0.15) is 0 Å². The molecule has 1 atom stereocenters. The Kier molecular flexibility index (Phi) is 4.87. The molecule has 0 N–H and O–H groups in total. The Morgan fingerprint density at radius 3 is 3.05 bits per heavy atom. The molecule has 1 aromatic carbocycles. The van der Waals surface area contributed by atoms with Gasteiger partial charge in [-0.25, -0.2) is 0 Å². The summed E-state index contributed by atoms with van der Waals surface area (Å²) in [5, 5.41) is 0.818. The van der Waals surface area contributed by atoms with Crippen LogP contribution < -0.4 is 0 Å². The predicted octanol–water partition coefficient (Wildman–Crippen LogP) is 4.44. The number of ether oxygens (including phenoxy) is 1. The molecule has 0 spiro atoms. The Hall–Kier alpha value is -1.28. The lowest BCUT2D eigenvalue weighted by Gasteiger charge is -2.29. The lowest BCUT2D eigenvalue weighted by Crippen LogP contribution is -2.27. The molecule has 0 saturated carbocycles. The Labute approximate surface area is 125 Å². The molecular formula is C17H21ClO2. The maximum Gasteiger partial charge on any atom is 0.306 e. The Balaban J connectivity index is 2.32. The summed E-state index contributed by atoms with van der Waals surface area (Å²) in [5.41, 5.74) is 2.33. The van der Waals surface area contributed by atoms with Crippen LogP contribution in [0.3, 0.4) is 0 Å². The standard InChI is InChI=1S/C17H21ClO2/c1-3-4-5-10-17(12-16(19)20-2)11-9-13-14(17)7-6-8-15(13)18/h3,6-8H,1,4-5,9-12H2,2H3.